The second kappa shape index (κ2) is 5.16. The molecule has 0 fully saturated rings. The van der Waals surface area contributed by atoms with Crippen LogP contribution in [0.3, 0.4) is 0 Å². The fourth-order valence-corrected chi connectivity index (χ4v) is 3.20. The Labute approximate surface area is 114 Å². The van der Waals surface area contributed by atoms with Crippen LogP contribution in [-0.4, -0.2) is 40.0 Å². The Morgan fingerprint density at radius 2 is 2.47 bits per heavy atom. The molecule has 1 aliphatic rings. The first-order valence-electron chi connectivity index (χ1n) is 6.19. The van der Waals surface area contributed by atoms with Crippen molar-refractivity contribution in [2.75, 3.05) is 30.0 Å². The molecule has 8 heteroatoms. The second-order valence-corrected chi connectivity index (χ2v) is 5.47. The molecule has 0 atom stereocenters. The van der Waals surface area contributed by atoms with Gasteiger partial charge in [0.05, 0.1) is 17.5 Å². The molecule has 2 aromatic rings. The van der Waals surface area contributed by atoms with Crippen molar-refractivity contribution in [2.24, 2.45) is 5.84 Å². The molecule has 3 rings (SSSR count). The van der Waals surface area contributed by atoms with Gasteiger partial charge in [0.25, 0.3) is 0 Å². The van der Waals surface area contributed by atoms with E-state index in [1.807, 2.05) is 0 Å². The maximum Gasteiger partial charge on any atom is 0.197 e. The molecule has 1 aliphatic heterocycles. The van der Waals surface area contributed by atoms with Crippen molar-refractivity contribution in [1.29, 1.82) is 0 Å². The number of aromatic nitrogens is 3. The van der Waals surface area contributed by atoms with Crippen molar-refractivity contribution >= 4 is 22.3 Å². The molecule has 5 N–H and O–H groups in total. The van der Waals surface area contributed by atoms with E-state index in [2.05, 4.69) is 25.5 Å². The van der Waals surface area contributed by atoms with Gasteiger partial charge in [0.15, 0.2) is 5.13 Å². The van der Waals surface area contributed by atoms with Gasteiger partial charge in [0.2, 0.25) is 0 Å². The topological polar surface area (TPSA) is 103 Å². The number of nitrogens with one attached hydrogen (secondary N) is 2. The molecule has 0 saturated carbocycles. The molecule has 2 aromatic heterocycles. The summed E-state index contributed by atoms with van der Waals surface area (Å²) in [4.78, 5) is 7.93. The molecule has 7 nitrogen and oxygen atoms in total. The van der Waals surface area contributed by atoms with E-state index >= 15 is 0 Å². The van der Waals surface area contributed by atoms with E-state index in [4.69, 9.17) is 10.9 Å². The van der Waals surface area contributed by atoms with Gasteiger partial charge in [-0.15, -0.1) is 11.3 Å². The van der Waals surface area contributed by atoms with E-state index in [1.165, 1.54) is 4.88 Å². The Bertz CT molecular complexity index is 565. The molecule has 0 saturated heterocycles. The summed E-state index contributed by atoms with van der Waals surface area (Å²) in [7, 11) is 0. The van der Waals surface area contributed by atoms with Gasteiger partial charge in [-0.3, -0.25) is 10.5 Å². The highest BCUT2D eigenvalue weighted by Gasteiger charge is 2.24. The maximum atomic E-state index is 8.98. The Hall–Kier alpha value is -1.64. The Morgan fingerprint density at radius 1 is 1.58 bits per heavy atom. The van der Waals surface area contributed by atoms with Gasteiger partial charge in [-0.2, -0.15) is 5.10 Å². The molecule has 0 bridgehead atoms. The number of hydrazine groups is 1. The van der Waals surface area contributed by atoms with E-state index in [1.54, 1.807) is 17.5 Å². The highest BCUT2D eigenvalue weighted by atomic mass is 32.1. The van der Waals surface area contributed by atoms with Gasteiger partial charge in [0.1, 0.15) is 5.82 Å². The van der Waals surface area contributed by atoms with Crippen molar-refractivity contribution in [2.45, 2.75) is 12.8 Å². The van der Waals surface area contributed by atoms with Gasteiger partial charge in [-0.05, 0) is 6.42 Å². The molecule has 3 heterocycles. The van der Waals surface area contributed by atoms with Crippen molar-refractivity contribution in [3.05, 3.63) is 11.1 Å². The molecule has 0 radical (unpaired) electrons. The number of thiazole rings is 1. The van der Waals surface area contributed by atoms with Crippen molar-refractivity contribution < 1.29 is 5.11 Å². The van der Waals surface area contributed by atoms with E-state index < -0.39 is 0 Å². The zero-order valence-electron chi connectivity index (χ0n) is 10.4. The van der Waals surface area contributed by atoms with Crippen LogP contribution in [-0.2, 0) is 6.42 Å². The van der Waals surface area contributed by atoms with Crippen LogP contribution in [0.5, 0.6) is 0 Å². The fourth-order valence-electron chi connectivity index (χ4n) is 2.32. The molecule has 102 valence electrons. The number of aromatic amines is 1. The predicted octanol–water partition coefficient (Wildman–Crippen LogP) is 0.564. The Kier molecular flexibility index (Phi) is 3.36. The number of aliphatic hydroxyl groups excluding tert-OH is 1. The molecular weight excluding hydrogens is 264 g/mol. The lowest BCUT2D eigenvalue weighted by atomic mass is 10.2. The van der Waals surface area contributed by atoms with Crippen LogP contribution < -0.4 is 16.2 Å². The first kappa shape index (κ1) is 12.4. The van der Waals surface area contributed by atoms with Crippen LogP contribution in [0.15, 0.2) is 6.20 Å². The zero-order valence-corrected chi connectivity index (χ0v) is 11.2. The number of hydrogen-bond acceptors (Lipinski definition) is 7. The lowest BCUT2D eigenvalue weighted by Crippen LogP contribution is -2.27. The normalized spacial score (nSPS) is 13.9. The Morgan fingerprint density at radius 3 is 3.26 bits per heavy atom. The fraction of sp³-hybridized carbons (Fsp3) is 0.455. The summed E-state index contributed by atoms with van der Waals surface area (Å²) in [5.74, 6) is 6.40. The minimum atomic E-state index is 0.196. The van der Waals surface area contributed by atoms with E-state index in [9.17, 15) is 0 Å². The van der Waals surface area contributed by atoms with Crippen LogP contribution in [0.4, 0.5) is 10.9 Å². The largest absolute Gasteiger partial charge is 0.396 e. The molecule has 0 aromatic carbocycles. The average Bonchev–Trinajstić information content (AvgIpc) is 3.02. The van der Waals surface area contributed by atoms with Crippen LogP contribution in [0.1, 0.15) is 11.3 Å². The highest BCUT2D eigenvalue weighted by molar-refractivity contribution is 7.16. The smallest absolute Gasteiger partial charge is 0.197 e. The summed E-state index contributed by atoms with van der Waals surface area (Å²) in [5, 5.41) is 16.9. The number of nitrogens with zero attached hydrogens (tertiary/aromatic N) is 3. The molecule has 0 aliphatic carbocycles. The quantitative estimate of drug-likeness (QED) is 0.482. The summed E-state index contributed by atoms with van der Waals surface area (Å²) >= 11 is 1.58. The standard InChI is InChI=1S/C11H16N6OS/c12-15-11-14-9-7-6-13-16-10(7)17(3-1-5-18)4-2-8(9)19-11/h6,18H,1-5,12H2,(H,13,16)(H,14,15). The SMILES string of the molecule is NNc1nc2c(s1)CCN(CCCO)c1[nH]ncc1-2. The number of nitrogen functional groups attached to an aromatic ring is 1. The van der Waals surface area contributed by atoms with Gasteiger partial charge in [0, 0.05) is 31.0 Å². The maximum absolute atomic E-state index is 8.98. The number of anilines is 2. The highest BCUT2D eigenvalue weighted by Crippen LogP contribution is 2.38. The van der Waals surface area contributed by atoms with Gasteiger partial charge >= 0.3 is 0 Å². The van der Waals surface area contributed by atoms with Crippen molar-refractivity contribution in [1.82, 2.24) is 15.2 Å². The monoisotopic (exact) mass is 280 g/mol. The summed E-state index contributed by atoms with van der Waals surface area (Å²) in [6.07, 6.45) is 3.46. The molecular formula is C11H16N6OS. The van der Waals surface area contributed by atoms with E-state index in [0.717, 1.165) is 48.1 Å². The molecule has 19 heavy (non-hydrogen) atoms. The minimum absolute atomic E-state index is 0.196. The van der Waals surface area contributed by atoms with Crippen molar-refractivity contribution in [3.8, 4) is 11.3 Å². The molecule has 0 amide bonds. The average molecular weight is 280 g/mol. The number of aliphatic hydroxyl groups is 1. The van der Waals surface area contributed by atoms with Crippen molar-refractivity contribution in [3.63, 3.8) is 0 Å². The summed E-state index contributed by atoms with van der Waals surface area (Å²) < 4.78 is 0. The minimum Gasteiger partial charge on any atom is -0.396 e. The summed E-state index contributed by atoms with van der Waals surface area (Å²) in [6.45, 7) is 1.89. The Balaban J connectivity index is 1.98. The third-order valence-electron chi connectivity index (χ3n) is 3.21. The van der Waals surface area contributed by atoms with Crippen LogP contribution >= 0.6 is 11.3 Å². The number of H-pyrrole nitrogens is 1. The number of fused-ring (bicyclic) bond motifs is 3. The molecule has 0 spiro atoms. The van der Waals surface area contributed by atoms with E-state index in [-0.39, 0.29) is 6.61 Å². The van der Waals surface area contributed by atoms with E-state index in [0.29, 0.717) is 0 Å². The van der Waals surface area contributed by atoms with Gasteiger partial charge < -0.3 is 10.0 Å². The lowest BCUT2D eigenvalue weighted by Gasteiger charge is -2.21. The first-order chi connectivity index (χ1) is 9.33. The van der Waals surface area contributed by atoms with Crippen LogP contribution in [0, 0.1) is 0 Å². The van der Waals surface area contributed by atoms with Gasteiger partial charge in [-0.1, -0.05) is 0 Å². The van der Waals surface area contributed by atoms with Crippen LogP contribution in [0.2, 0.25) is 0 Å². The summed E-state index contributed by atoms with van der Waals surface area (Å²) in [5.41, 5.74) is 4.56. The third-order valence-corrected chi connectivity index (χ3v) is 4.25. The first-order valence-corrected chi connectivity index (χ1v) is 7.01. The second-order valence-electron chi connectivity index (χ2n) is 4.38. The van der Waals surface area contributed by atoms with Crippen LogP contribution in [0.25, 0.3) is 11.3 Å². The lowest BCUT2D eigenvalue weighted by molar-refractivity contribution is 0.289. The zero-order chi connectivity index (χ0) is 13.2. The predicted molar refractivity (Wildman–Crippen MR) is 75.1 cm³/mol. The number of rotatable bonds is 4. The number of hydrogen-bond donors (Lipinski definition) is 4. The third kappa shape index (κ3) is 2.18. The summed E-state index contributed by atoms with van der Waals surface area (Å²) in [6, 6.07) is 0. The van der Waals surface area contributed by atoms with Gasteiger partial charge in [-0.25, -0.2) is 10.8 Å². The number of nitrogens with two attached hydrogens (primary N) is 1. The molecule has 0 unspecified atom stereocenters.